The average Bonchev–Trinajstić information content (AvgIpc) is 3.16. The van der Waals surface area contributed by atoms with Crippen molar-refractivity contribution >= 4 is 56.6 Å². The van der Waals surface area contributed by atoms with Gasteiger partial charge in [0, 0.05) is 11.8 Å². The Bertz CT molecular complexity index is 951. The highest BCUT2D eigenvalue weighted by molar-refractivity contribution is 8.01. The summed E-state index contributed by atoms with van der Waals surface area (Å²) in [6.45, 7) is 5.44. The quantitative estimate of drug-likeness (QED) is 0.667. The molecule has 1 unspecified atom stereocenters. The van der Waals surface area contributed by atoms with Crippen LogP contribution >= 0.6 is 23.1 Å². The van der Waals surface area contributed by atoms with Crippen LogP contribution in [-0.2, 0) is 9.59 Å². The van der Waals surface area contributed by atoms with E-state index in [9.17, 15) is 9.59 Å². The minimum absolute atomic E-state index is 0.160. The van der Waals surface area contributed by atoms with E-state index in [2.05, 4.69) is 20.8 Å². The van der Waals surface area contributed by atoms with Crippen molar-refractivity contribution in [2.75, 3.05) is 16.4 Å². The molecule has 1 atom stereocenters. The number of hydrogen-bond acceptors (Lipinski definition) is 7. The molecule has 0 aliphatic rings. The Morgan fingerprint density at radius 1 is 1.27 bits per heavy atom. The van der Waals surface area contributed by atoms with Gasteiger partial charge in [-0.15, -0.1) is 23.1 Å². The second-order valence-electron chi connectivity index (χ2n) is 5.73. The number of hydrogen-bond donors (Lipinski definition) is 2. The summed E-state index contributed by atoms with van der Waals surface area (Å²) in [5.41, 5.74) is 1.65. The van der Waals surface area contributed by atoms with Gasteiger partial charge in [0.2, 0.25) is 11.8 Å². The number of thiazole rings is 1. The number of amides is 2. The molecular formula is C17H18N4O3S2. The van der Waals surface area contributed by atoms with Gasteiger partial charge in [0.25, 0.3) is 0 Å². The van der Waals surface area contributed by atoms with E-state index in [0.29, 0.717) is 11.6 Å². The number of fused-ring (bicyclic) bond motifs is 1. The fraction of sp³-hybridized carbons (Fsp3) is 0.294. The number of rotatable bonds is 6. The number of nitrogens with one attached hydrogen (secondary N) is 2. The molecule has 0 aliphatic heterocycles. The van der Waals surface area contributed by atoms with E-state index in [-0.39, 0.29) is 17.6 Å². The number of thioether (sulfide) groups is 1. The first kappa shape index (κ1) is 18.4. The molecule has 7 nitrogen and oxygen atoms in total. The van der Waals surface area contributed by atoms with Gasteiger partial charge in [0.15, 0.2) is 5.82 Å². The molecule has 0 bridgehead atoms. The summed E-state index contributed by atoms with van der Waals surface area (Å²) in [5, 5.41) is 9.81. The fourth-order valence-corrected chi connectivity index (χ4v) is 3.79. The van der Waals surface area contributed by atoms with Crippen LogP contribution in [0.4, 0.5) is 11.5 Å². The highest BCUT2D eigenvalue weighted by Gasteiger charge is 2.17. The molecule has 0 aliphatic carbocycles. The Balaban J connectivity index is 1.50. The Morgan fingerprint density at radius 2 is 2.08 bits per heavy atom. The number of aromatic nitrogens is 2. The molecule has 0 radical (unpaired) electrons. The van der Waals surface area contributed by atoms with Crippen molar-refractivity contribution in [2.24, 2.45) is 0 Å². The van der Waals surface area contributed by atoms with Gasteiger partial charge in [-0.3, -0.25) is 9.59 Å². The van der Waals surface area contributed by atoms with Crippen LogP contribution < -0.4 is 10.6 Å². The maximum Gasteiger partial charge on any atom is 0.238 e. The van der Waals surface area contributed by atoms with Crippen LogP contribution in [0.2, 0.25) is 0 Å². The summed E-state index contributed by atoms with van der Waals surface area (Å²) in [7, 11) is 0. The number of benzene rings is 1. The van der Waals surface area contributed by atoms with Crippen molar-refractivity contribution in [2.45, 2.75) is 26.0 Å². The number of nitrogens with zero attached hydrogens (tertiary/aromatic N) is 2. The third-order valence-corrected chi connectivity index (χ3v) is 5.57. The van der Waals surface area contributed by atoms with Crippen LogP contribution in [0.3, 0.4) is 0 Å². The van der Waals surface area contributed by atoms with E-state index >= 15 is 0 Å². The van der Waals surface area contributed by atoms with Crippen molar-refractivity contribution in [3.05, 3.63) is 35.0 Å². The second kappa shape index (κ2) is 7.88. The predicted molar refractivity (Wildman–Crippen MR) is 105 cm³/mol. The molecule has 0 saturated carbocycles. The fourth-order valence-electron chi connectivity index (χ4n) is 2.24. The van der Waals surface area contributed by atoms with Crippen LogP contribution in [0, 0.1) is 13.8 Å². The lowest BCUT2D eigenvalue weighted by atomic mass is 10.3. The molecule has 136 valence electrons. The van der Waals surface area contributed by atoms with Gasteiger partial charge in [-0.05, 0) is 39.0 Å². The highest BCUT2D eigenvalue weighted by atomic mass is 32.2. The summed E-state index contributed by atoms with van der Waals surface area (Å²) in [5.74, 6) is 0.780. The van der Waals surface area contributed by atoms with Crippen LogP contribution in [0.15, 0.2) is 28.8 Å². The summed E-state index contributed by atoms with van der Waals surface area (Å²) in [6.07, 6.45) is 0. The molecule has 3 rings (SSSR count). The average molecular weight is 390 g/mol. The van der Waals surface area contributed by atoms with Crippen molar-refractivity contribution in [3.63, 3.8) is 0 Å². The minimum atomic E-state index is -0.399. The lowest BCUT2D eigenvalue weighted by molar-refractivity contribution is -0.115. The third kappa shape index (κ3) is 4.61. The Morgan fingerprint density at radius 3 is 2.81 bits per heavy atom. The largest absolute Gasteiger partial charge is 0.360 e. The Hall–Kier alpha value is -2.39. The van der Waals surface area contributed by atoms with E-state index in [0.717, 1.165) is 20.9 Å². The smallest absolute Gasteiger partial charge is 0.238 e. The molecule has 0 spiro atoms. The standard InChI is InChI=1S/C17H18N4O3S2/c1-9-6-15(21-24-9)20-17(23)10(2)25-8-16(22)19-12-4-5-13-14(7-12)26-11(3)18-13/h4-7,10H,8H2,1-3H3,(H,19,22)(H,20,21,23). The van der Waals surface area contributed by atoms with Crippen molar-refractivity contribution in [1.29, 1.82) is 0 Å². The van der Waals surface area contributed by atoms with E-state index < -0.39 is 5.25 Å². The van der Waals surface area contributed by atoms with Gasteiger partial charge in [-0.1, -0.05) is 5.16 Å². The Labute approximate surface area is 158 Å². The first-order chi connectivity index (χ1) is 12.4. The molecule has 1 aromatic carbocycles. The maximum absolute atomic E-state index is 12.1. The normalized spacial score (nSPS) is 12.1. The van der Waals surface area contributed by atoms with Crippen LogP contribution in [0.1, 0.15) is 17.7 Å². The molecule has 0 saturated heterocycles. The maximum atomic E-state index is 12.1. The first-order valence-electron chi connectivity index (χ1n) is 7.93. The monoisotopic (exact) mass is 390 g/mol. The van der Waals surface area contributed by atoms with E-state index in [1.165, 1.54) is 11.8 Å². The zero-order valence-corrected chi connectivity index (χ0v) is 16.2. The van der Waals surface area contributed by atoms with Gasteiger partial charge in [0.05, 0.1) is 26.2 Å². The third-order valence-electron chi connectivity index (χ3n) is 3.49. The number of carbonyl (C=O) groups excluding carboxylic acids is 2. The molecule has 9 heteroatoms. The highest BCUT2D eigenvalue weighted by Crippen LogP contribution is 2.25. The lowest BCUT2D eigenvalue weighted by Crippen LogP contribution is -2.25. The molecule has 2 aromatic heterocycles. The number of anilines is 2. The van der Waals surface area contributed by atoms with Gasteiger partial charge >= 0.3 is 0 Å². The summed E-state index contributed by atoms with van der Waals surface area (Å²) >= 11 is 2.84. The molecule has 2 heterocycles. The zero-order valence-electron chi connectivity index (χ0n) is 14.5. The van der Waals surface area contributed by atoms with Gasteiger partial charge < -0.3 is 15.2 Å². The van der Waals surface area contributed by atoms with Crippen LogP contribution in [0.5, 0.6) is 0 Å². The SMILES string of the molecule is Cc1cc(NC(=O)C(C)SCC(=O)Nc2ccc3nc(C)sc3c2)no1. The van der Waals surface area contributed by atoms with Crippen molar-refractivity contribution in [1.82, 2.24) is 10.1 Å². The topological polar surface area (TPSA) is 97.1 Å². The Kier molecular flexibility index (Phi) is 5.58. The molecule has 3 aromatic rings. The van der Waals surface area contributed by atoms with E-state index in [1.807, 2.05) is 25.1 Å². The summed E-state index contributed by atoms with van der Waals surface area (Å²) < 4.78 is 5.93. The summed E-state index contributed by atoms with van der Waals surface area (Å²) in [6, 6.07) is 7.26. The number of carbonyl (C=O) groups is 2. The second-order valence-corrected chi connectivity index (χ2v) is 8.29. The molecule has 2 N–H and O–H groups in total. The van der Waals surface area contributed by atoms with Crippen molar-refractivity contribution < 1.29 is 14.1 Å². The summed E-state index contributed by atoms with van der Waals surface area (Å²) in [4.78, 5) is 28.6. The minimum Gasteiger partial charge on any atom is -0.360 e. The molecule has 2 amide bonds. The van der Waals surface area contributed by atoms with E-state index in [1.54, 1.807) is 31.3 Å². The predicted octanol–water partition coefficient (Wildman–Crippen LogP) is 3.60. The van der Waals surface area contributed by atoms with Gasteiger partial charge in [0.1, 0.15) is 5.76 Å². The van der Waals surface area contributed by atoms with Crippen LogP contribution in [-0.4, -0.2) is 33.0 Å². The lowest BCUT2D eigenvalue weighted by Gasteiger charge is -2.10. The van der Waals surface area contributed by atoms with Gasteiger partial charge in [-0.2, -0.15) is 0 Å². The van der Waals surface area contributed by atoms with Crippen LogP contribution in [0.25, 0.3) is 10.2 Å². The molecular weight excluding hydrogens is 372 g/mol. The number of aryl methyl sites for hydroxylation is 2. The molecule has 26 heavy (non-hydrogen) atoms. The zero-order chi connectivity index (χ0) is 18.7. The van der Waals surface area contributed by atoms with E-state index in [4.69, 9.17) is 4.52 Å². The first-order valence-corrected chi connectivity index (χ1v) is 9.80. The van der Waals surface area contributed by atoms with Crippen molar-refractivity contribution in [3.8, 4) is 0 Å². The van der Waals surface area contributed by atoms with Gasteiger partial charge in [-0.25, -0.2) is 4.98 Å². The molecule has 0 fully saturated rings.